The highest BCUT2D eigenvalue weighted by atomic mass is 16.3. The van der Waals surface area contributed by atoms with Crippen LogP contribution in [0.15, 0.2) is 0 Å². The van der Waals surface area contributed by atoms with Crippen LogP contribution in [0.2, 0.25) is 0 Å². The number of hydrogen-bond donors (Lipinski definition) is 2. The molecule has 0 spiro atoms. The molecule has 100 valence electrons. The van der Waals surface area contributed by atoms with Crippen molar-refractivity contribution in [3.05, 3.63) is 0 Å². The summed E-state index contributed by atoms with van der Waals surface area (Å²) in [5.74, 6) is 0.924. The Morgan fingerprint density at radius 1 is 1.35 bits per heavy atom. The molecule has 0 saturated heterocycles. The Morgan fingerprint density at radius 3 is 2.59 bits per heavy atom. The molecule has 0 aromatic rings. The minimum absolute atomic E-state index is 0.0726. The van der Waals surface area contributed by atoms with Crippen molar-refractivity contribution < 1.29 is 9.90 Å². The predicted molar refractivity (Wildman–Crippen MR) is 69.6 cm³/mol. The number of rotatable bonds is 7. The van der Waals surface area contributed by atoms with Gasteiger partial charge in [0, 0.05) is 18.9 Å². The van der Waals surface area contributed by atoms with Crippen LogP contribution in [-0.2, 0) is 4.79 Å². The average molecular weight is 241 g/mol. The molecule has 0 unspecified atom stereocenters. The van der Waals surface area contributed by atoms with Gasteiger partial charge in [0.1, 0.15) is 5.78 Å². The summed E-state index contributed by atoms with van der Waals surface area (Å²) in [6, 6.07) is 0.0726. The number of carbonyl (C=O) groups is 1. The fourth-order valence-electron chi connectivity index (χ4n) is 2.85. The summed E-state index contributed by atoms with van der Waals surface area (Å²) < 4.78 is 0. The fraction of sp³-hybridized carbons (Fsp3) is 0.929. The number of nitrogens with two attached hydrogens (primary N) is 1. The fourth-order valence-corrected chi connectivity index (χ4v) is 2.85. The maximum atomic E-state index is 11.7. The lowest BCUT2D eigenvalue weighted by Crippen LogP contribution is -2.27. The lowest BCUT2D eigenvalue weighted by molar-refractivity contribution is -0.119. The van der Waals surface area contributed by atoms with Crippen molar-refractivity contribution >= 4 is 5.78 Å². The molecule has 3 nitrogen and oxygen atoms in total. The first-order chi connectivity index (χ1) is 8.06. The monoisotopic (exact) mass is 241 g/mol. The third-order valence-corrected chi connectivity index (χ3v) is 4.16. The number of ketones is 1. The van der Waals surface area contributed by atoms with Crippen LogP contribution >= 0.6 is 0 Å². The van der Waals surface area contributed by atoms with Gasteiger partial charge in [0.25, 0.3) is 0 Å². The molecule has 17 heavy (non-hydrogen) atoms. The molecule has 1 saturated carbocycles. The second-order valence-corrected chi connectivity index (χ2v) is 5.52. The SMILES string of the molecule is CCCCCC(=O)CC[C@@H]1[C@@H](C)[C@@H](O)C[C@H]1N. The molecule has 1 aliphatic carbocycles. The van der Waals surface area contributed by atoms with Crippen LogP contribution in [0, 0.1) is 11.8 Å². The van der Waals surface area contributed by atoms with Crippen LogP contribution in [0.1, 0.15) is 58.8 Å². The van der Waals surface area contributed by atoms with E-state index in [-0.39, 0.29) is 18.1 Å². The van der Waals surface area contributed by atoms with E-state index >= 15 is 0 Å². The Hall–Kier alpha value is -0.410. The zero-order valence-electron chi connectivity index (χ0n) is 11.2. The summed E-state index contributed by atoms with van der Waals surface area (Å²) in [7, 11) is 0. The van der Waals surface area contributed by atoms with Crippen LogP contribution in [0.3, 0.4) is 0 Å². The molecular weight excluding hydrogens is 214 g/mol. The minimum atomic E-state index is -0.273. The van der Waals surface area contributed by atoms with Crippen LogP contribution < -0.4 is 5.73 Å². The highest BCUT2D eigenvalue weighted by Crippen LogP contribution is 2.34. The van der Waals surface area contributed by atoms with E-state index in [4.69, 9.17) is 5.73 Å². The lowest BCUT2D eigenvalue weighted by Gasteiger charge is -2.19. The first-order valence-corrected chi connectivity index (χ1v) is 7.01. The highest BCUT2D eigenvalue weighted by molar-refractivity contribution is 5.78. The minimum Gasteiger partial charge on any atom is -0.393 e. The Labute approximate surface area is 105 Å². The normalized spacial score (nSPS) is 32.9. The number of hydrogen-bond acceptors (Lipinski definition) is 3. The Morgan fingerprint density at radius 2 is 2.06 bits per heavy atom. The molecule has 0 heterocycles. The highest BCUT2D eigenvalue weighted by Gasteiger charge is 2.37. The van der Waals surface area contributed by atoms with E-state index in [9.17, 15) is 9.90 Å². The topological polar surface area (TPSA) is 63.3 Å². The van der Waals surface area contributed by atoms with Gasteiger partial charge in [-0.05, 0) is 31.1 Å². The standard InChI is InChI=1S/C14H27NO2/c1-3-4-5-6-11(16)7-8-12-10(2)14(17)9-13(12)15/h10,12-14,17H,3-9,15H2,1-2H3/t10-,12-,13-,14+/m1/s1. The van der Waals surface area contributed by atoms with E-state index in [1.54, 1.807) is 0 Å². The number of aliphatic hydroxyl groups excluding tert-OH is 1. The van der Waals surface area contributed by atoms with Crippen molar-refractivity contribution in [3.63, 3.8) is 0 Å². The second kappa shape index (κ2) is 7.12. The molecule has 3 heteroatoms. The van der Waals surface area contributed by atoms with Gasteiger partial charge in [-0.2, -0.15) is 0 Å². The van der Waals surface area contributed by atoms with Gasteiger partial charge in [-0.3, -0.25) is 4.79 Å². The molecule has 1 fully saturated rings. The van der Waals surface area contributed by atoms with Crippen molar-refractivity contribution in [1.29, 1.82) is 0 Å². The van der Waals surface area contributed by atoms with E-state index in [1.165, 1.54) is 0 Å². The third kappa shape index (κ3) is 4.40. The average Bonchev–Trinajstić information content (AvgIpc) is 2.51. The number of Topliss-reactive ketones (excluding diaryl/α,β-unsaturated/α-hetero) is 1. The van der Waals surface area contributed by atoms with Crippen molar-refractivity contribution in [2.45, 2.75) is 70.9 Å². The van der Waals surface area contributed by atoms with Gasteiger partial charge in [0.05, 0.1) is 6.10 Å². The van der Waals surface area contributed by atoms with Gasteiger partial charge in [-0.25, -0.2) is 0 Å². The summed E-state index contributed by atoms with van der Waals surface area (Å²) in [6.07, 6.45) is 5.94. The summed E-state index contributed by atoms with van der Waals surface area (Å²) >= 11 is 0. The molecule has 1 rings (SSSR count). The number of unbranched alkanes of at least 4 members (excludes halogenated alkanes) is 2. The first kappa shape index (κ1) is 14.7. The third-order valence-electron chi connectivity index (χ3n) is 4.16. The smallest absolute Gasteiger partial charge is 0.132 e. The lowest BCUT2D eigenvalue weighted by atomic mass is 9.89. The van der Waals surface area contributed by atoms with Crippen molar-refractivity contribution in [2.75, 3.05) is 0 Å². The first-order valence-electron chi connectivity index (χ1n) is 7.01. The second-order valence-electron chi connectivity index (χ2n) is 5.52. The van der Waals surface area contributed by atoms with Crippen molar-refractivity contribution in [1.82, 2.24) is 0 Å². The van der Waals surface area contributed by atoms with Crippen molar-refractivity contribution in [3.8, 4) is 0 Å². The summed E-state index contributed by atoms with van der Waals surface area (Å²) in [4.78, 5) is 11.7. The van der Waals surface area contributed by atoms with Crippen LogP contribution in [-0.4, -0.2) is 23.0 Å². The summed E-state index contributed by atoms with van der Waals surface area (Å²) in [5.41, 5.74) is 6.00. The molecule has 3 N–H and O–H groups in total. The molecule has 0 aliphatic heterocycles. The van der Waals surface area contributed by atoms with Crippen LogP contribution in [0.25, 0.3) is 0 Å². The van der Waals surface area contributed by atoms with E-state index in [0.717, 1.165) is 25.7 Å². The van der Waals surface area contributed by atoms with Gasteiger partial charge in [0.2, 0.25) is 0 Å². The quantitative estimate of drug-likeness (QED) is 0.672. The van der Waals surface area contributed by atoms with Gasteiger partial charge >= 0.3 is 0 Å². The molecule has 0 amide bonds. The predicted octanol–water partition coefficient (Wildman–Crippen LogP) is 2.26. The van der Waals surface area contributed by atoms with Gasteiger partial charge in [0.15, 0.2) is 0 Å². The van der Waals surface area contributed by atoms with Crippen molar-refractivity contribution in [2.24, 2.45) is 17.6 Å². The molecule has 0 radical (unpaired) electrons. The zero-order valence-corrected chi connectivity index (χ0v) is 11.2. The zero-order chi connectivity index (χ0) is 12.8. The molecule has 4 atom stereocenters. The van der Waals surface area contributed by atoms with E-state index in [1.807, 2.05) is 6.92 Å². The molecule has 0 aromatic carbocycles. The Kier molecular flexibility index (Phi) is 6.14. The molecule has 0 aromatic heterocycles. The summed E-state index contributed by atoms with van der Waals surface area (Å²) in [6.45, 7) is 4.19. The summed E-state index contributed by atoms with van der Waals surface area (Å²) in [5, 5.41) is 9.71. The van der Waals surface area contributed by atoms with E-state index < -0.39 is 0 Å². The Balaban J connectivity index is 2.23. The molecule has 1 aliphatic rings. The molecule has 0 bridgehead atoms. The van der Waals surface area contributed by atoms with Gasteiger partial charge in [-0.15, -0.1) is 0 Å². The maximum absolute atomic E-state index is 11.7. The Bertz CT molecular complexity index is 242. The maximum Gasteiger partial charge on any atom is 0.132 e. The van der Waals surface area contributed by atoms with Gasteiger partial charge in [-0.1, -0.05) is 26.7 Å². The molecular formula is C14H27NO2. The van der Waals surface area contributed by atoms with E-state index in [0.29, 0.717) is 31.0 Å². The van der Waals surface area contributed by atoms with E-state index in [2.05, 4.69) is 6.92 Å². The van der Waals surface area contributed by atoms with Crippen LogP contribution in [0.5, 0.6) is 0 Å². The number of aliphatic hydroxyl groups is 1. The van der Waals surface area contributed by atoms with Crippen LogP contribution in [0.4, 0.5) is 0 Å². The van der Waals surface area contributed by atoms with Gasteiger partial charge < -0.3 is 10.8 Å². The largest absolute Gasteiger partial charge is 0.393 e. The number of carbonyl (C=O) groups excluding carboxylic acids is 1.